The predicted octanol–water partition coefficient (Wildman–Crippen LogP) is 4.98. The number of aromatic hydroxyl groups is 1. The molecule has 9 nitrogen and oxygen atoms in total. The Kier molecular flexibility index (Phi) is 5.96. The van der Waals surface area contributed by atoms with Crippen LogP contribution in [0.15, 0.2) is 55.0 Å². The smallest absolute Gasteiger partial charge is 0.260 e. The Morgan fingerprint density at radius 3 is 2.85 bits per heavy atom. The summed E-state index contributed by atoms with van der Waals surface area (Å²) in [6, 6.07) is 11.8. The van der Waals surface area contributed by atoms with E-state index in [0.717, 1.165) is 69.0 Å². The van der Waals surface area contributed by atoms with Crippen LogP contribution in [0.25, 0.3) is 43.7 Å². The number of hydrogen-bond donors (Lipinski definition) is 2. The number of carbonyl (C=O) groups is 1. The molecule has 6 aromatic rings. The molecule has 7 rings (SSSR count). The SMILES string of the molecule is CCn1c2ccc(OCC(=O)N(C)CCc3ccccn3)cc2c2c3c[nH]c(O)c3c3c(c21)CCc1nn(C)cc1-3. The molecule has 0 spiro atoms. The summed E-state index contributed by atoms with van der Waals surface area (Å²) >= 11 is 0. The van der Waals surface area contributed by atoms with Gasteiger partial charge in [0.05, 0.1) is 16.6 Å². The molecule has 0 atom stereocenters. The van der Waals surface area contributed by atoms with Crippen molar-refractivity contribution in [1.29, 1.82) is 0 Å². The molecule has 0 aliphatic heterocycles. The van der Waals surface area contributed by atoms with Gasteiger partial charge in [0, 0.05) is 90.7 Å². The molecule has 9 heteroatoms. The molecule has 0 saturated carbocycles. The van der Waals surface area contributed by atoms with Crippen LogP contribution in [-0.2, 0) is 37.6 Å². The Bertz CT molecular complexity index is 1950. The van der Waals surface area contributed by atoms with Gasteiger partial charge in [-0.2, -0.15) is 5.10 Å². The van der Waals surface area contributed by atoms with Crippen molar-refractivity contribution in [1.82, 2.24) is 29.2 Å². The van der Waals surface area contributed by atoms with E-state index in [4.69, 9.17) is 4.74 Å². The molecule has 4 aromatic heterocycles. The maximum atomic E-state index is 12.8. The van der Waals surface area contributed by atoms with Gasteiger partial charge in [-0.1, -0.05) is 6.07 Å². The molecule has 208 valence electrons. The monoisotopic (exact) mass is 548 g/mol. The van der Waals surface area contributed by atoms with Gasteiger partial charge in [-0.05, 0) is 55.7 Å². The Hall–Kier alpha value is -4.79. The Morgan fingerprint density at radius 1 is 1.17 bits per heavy atom. The van der Waals surface area contributed by atoms with Crippen LogP contribution in [0.2, 0.25) is 0 Å². The number of amides is 1. The fourth-order valence-electron chi connectivity index (χ4n) is 6.39. The number of nitrogens with one attached hydrogen (secondary N) is 1. The summed E-state index contributed by atoms with van der Waals surface area (Å²) in [4.78, 5) is 21.9. The topological polar surface area (TPSA) is 101 Å². The third-order valence-electron chi connectivity index (χ3n) is 8.32. The number of ether oxygens (including phenoxy) is 1. The summed E-state index contributed by atoms with van der Waals surface area (Å²) in [5.74, 6) is 0.717. The maximum absolute atomic E-state index is 12.8. The molecule has 2 aromatic carbocycles. The summed E-state index contributed by atoms with van der Waals surface area (Å²) in [5, 5.41) is 19.6. The highest BCUT2D eigenvalue weighted by molar-refractivity contribution is 6.26. The molecule has 1 aliphatic rings. The van der Waals surface area contributed by atoms with E-state index in [0.29, 0.717) is 18.7 Å². The van der Waals surface area contributed by atoms with E-state index in [-0.39, 0.29) is 18.4 Å². The first-order valence-corrected chi connectivity index (χ1v) is 14.0. The standard InChI is InChI=1S/C32H32N6O3/c1-4-38-26-11-8-20(41-18-27(39)36(2)14-12-19-7-5-6-13-33-19)15-22(26)29-23-16-34-32(40)30(23)28-21(31(29)38)9-10-25-24(28)17-37(3)35-25/h5-8,11,13,15-17,34,40H,4,9-10,12,14,18H2,1-3H3. The molecular formula is C32H32N6O3. The van der Waals surface area contributed by atoms with E-state index < -0.39 is 0 Å². The minimum Gasteiger partial charge on any atom is -0.494 e. The van der Waals surface area contributed by atoms with Crippen molar-refractivity contribution in [2.45, 2.75) is 32.7 Å². The van der Waals surface area contributed by atoms with Crippen LogP contribution in [0.1, 0.15) is 23.9 Å². The number of aryl methyl sites for hydroxylation is 4. The van der Waals surface area contributed by atoms with Gasteiger partial charge in [-0.25, -0.2) is 0 Å². The van der Waals surface area contributed by atoms with Crippen molar-refractivity contribution in [2.75, 3.05) is 20.2 Å². The van der Waals surface area contributed by atoms with Crippen molar-refractivity contribution >= 4 is 38.5 Å². The average molecular weight is 549 g/mol. The van der Waals surface area contributed by atoms with Crippen molar-refractivity contribution in [3.63, 3.8) is 0 Å². The fraction of sp³-hybridized carbons (Fsp3) is 0.281. The van der Waals surface area contributed by atoms with Gasteiger partial charge < -0.3 is 24.3 Å². The quantitative estimate of drug-likeness (QED) is 0.293. The predicted molar refractivity (Wildman–Crippen MR) is 159 cm³/mol. The van der Waals surface area contributed by atoms with Crippen LogP contribution < -0.4 is 4.74 Å². The number of benzene rings is 2. The van der Waals surface area contributed by atoms with Crippen LogP contribution in [0.3, 0.4) is 0 Å². The van der Waals surface area contributed by atoms with Crippen LogP contribution in [-0.4, -0.2) is 60.4 Å². The highest BCUT2D eigenvalue weighted by Gasteiger charge is 2.29. The number of carbonyl (C=O) groups excluding carboxylic acids is 1. The summed E-state index contributed by atoms with van der Waals surface area (Å²) in [5.41, 5.74) is 7.67. The summed E-state index contributed by atoms with van der Waals surface area (Å²) in [7, 11) is 3.73. The number of rotatable bonds is 7. The first-order chi connectivity index (χ1) is 19.9. The summed E-state index contributed by atoms with van der Waals surface area (Å²) in [6.07, 6.45) is 8.10. The van der Waals surface area contributed by atoms with E-state index in [1.54, 1.807) is 18.1 Å². The molecule has 4 heterocycles. The average Bonchev–Trinajstić information content (AvgIpc) is 3.66. The lowest BCUT2D eigenvalue weighted by Gasteiger charge is -2.20. The molecule has 0 fully saturated rings. The maximum Gasteiger partial charge on any atom is 0.260 e. The zero-order valence-corrected chi connectivity index (χ0v) is 23.4. The second kappa shape index (κ2) is 9.69. The molecule has 41 heavy (non-hydrogen) atoms. The van der Waals surface area contributed by atoms with Crippen molar-refractivity contribution in [3.05, 3.63) is 71.9 Å². The Labute approximate surface area is 237 Å². The van der Waals surface area contributed by atoms with Crippen molar-refractivity contribution in [3.8, 4) is 22.8 Å². The van der Waals surface area contributed by atoms with Gasteiger partial charge in [0.1, 0.15) is 5.75 Å². The number of pyridine rings is 1. The molecule has 2 N–H and O–H groups in total. The van der Waals surface area contributed by atoms with Gasteiger partial charge in [-0.3, -0.25) is 14.5 Å². The molecule has 0 saturated heterocycles. The third-order valence-corrected chi connectivity index (χ3v) is 8.32. The van der Waals surface area contributed by atoms with Crippen LogP contribution in [0.5, 0.6) is 11.6 Å². The Morgan fingerprint density at radius 2 is 2.05 bits per heavy atom. The van der Waals surface area contributed by atoms with E-state index >= 15 is 0 Å². The van der Waals surface area contributed by atoms with Crippen LogP contribution in [0.4, 0.5) is 0 Å². The molecule has 1 amide bonds. The number of aromatic amines is 1. The number of likely N-dealkylation sites (N-methyl/N-ethyl adjacent to an activating group) is 1. The second-order valence-corrected chi connectivity index (χ2v) is 10.8. The zero-order chi connectivity index (χ0) is 28.2. The fourth-order valence-corrected chi connectivity index (χ4v) is 6.39. The molecule has 1 aliphatic carbocycles. The van der Waals surface area contributed by atoms with Gasteiger partial charge in [-0.15, -0.1) is 0 Å². The first kappa shape index (κ1) is 25.2. The lowest BCUT2D eigenvalue weighted by molar-refractivity contribution is -0.132. The molecular weight excluding hydrogens is 516 g/mol. The van der Waals surface area contributed by atoms with E-state index in [2.05, 4.69) is 38.8 Å². The largest absolute Gasteiger partial charge is 0.494 e. The second-order valence-electron chi connectivity index (χ2n) is 10.8. The first-order valence-electron chi connectivity index (χ1n) is 14.0. The van der Waals surface area contributed by atoms with E-state index in [1.165, 1.54) is 11.1 Å². The van der Waals surface area contributed by atoms with Gasteiger partial charge in [0.2, 0.25) is 0 Å². The zero-order valence-electron chi connectivity index (χ0n) is 23.4. The molecule has 0 radical (unpaired) electrons. The van der Waals surface area contributed by atoms with E-state index in [1.807, 2.05) is 48.3 Å². The Balaban J connectivity index is 1.27. The number of hydrogen-bond acceptors (Lipinski definition) is 5. The minimum absolute atomic E-state index is 0.0455. The highest BCUT2D eigenvalue weighted by atomic mass is 16.5. The minimum atomic E-state index is -0.0868. The van der Waals surface area contributed by atoms with Crippen molar-refractivity contribution < 1.29 is 14.6 Å². The summed E-state index contributed by atoms with van der Waals surface area (Å²) < 4.78 is 10.2. The van der Waals surface area contributed by atoms with Crippen LogP contribution >= 0.6 is 0 Å². The van der Waals surface area contributed by atoms with Gasteiger partial charge in [0.15, 0.2) is 12.5 Å². The molecule has 0 bridgehead atoms. The number of fused-ring (bicyclic) bond motifs is 10. The lowest BCUT2D eigenvalue weighted by atomic mass is 9.85. The molecule has 0 unspecified atom stereocenters. The number of H-pyrrole nitrogens is 1. The van der Waals surface area contributed by atoms with Gasteiger partial charge >= 0.3 is 0 Å². The summed E-state index contributed by atoms with van der Waals surface area (Å²) in [6.45, 7) is 3.48. The number of aromatic nitrogens is 5. The van der Waals surface area contributed by atoms with Crippen LogP contribution in [0, 0.1) is 0 Å². The normalized spacial score (nSPS) is 12.7. The van der Waals surface area contributed by atoms with Gasteiger partial charge in [0.25, 0.3) is 5.91 Å². The third kappa shape index (κ3) is 4.03. The van der Waals surface area contributed by atoms with Crippen molar-refractivity contribution in [2.24, 2.45) is 7.05 Å². The lowest BCUT2D eigenvalue weighted by Crippen LogP contribution is -2.33. The number of nitrogens with zero attached hydrogens (tertiary/aromatic N) is 5. The van der Waals surface area contributed by atoms with E-state index in [9.17, 15) is 9.90 Å². The highest BCUT2D eigenvalue weighted by Crippen LogP contribution is 2.49.